The molecule has 0 spiro atoms. The molecule has 108 valence electrons. The van der Waals surface area contributed by atoms with Gasteiger partial charge >= 0.3 is 0 Å². The molecule has 4 N–H and O–H groups in total. The van der Waals surface area contributed by atoms with E-state index < -0.39 is 6.04 Å². The Kier molecular flexibility index (Phi) is 10.5. The second kappa shape index (κ2) is 11.5. The first-order valence-corrected chi connectivity index (χ1v) is 5.93. The number of aliphatic hydroxyl groups excluding tert-OH is 2. The lowest BCUT2D eigenvalue weighted by Crippen LogP contribution is -2.41. The quantitative estimate of drug-likeness (QED) is 0.272. The van der Waals surface area contributed by atoms with Crippen LogP contribution in [0.3, 0.4) is 0 Å². The van der Waals surface area contributed by atoms with Crippen LogP contribution in [0.1, 0.15) is 12.8 Å². The zero-order valence-electron chi connectivity index (χ0n) is 10.7. The molecule has 0 bridgehead atoms. The number of aliphatic hydroxyl groups is 2. The van der Waals surface area contributed by atoms with Gasteiger partial charge in [0.15, 0.2) is 0 Å². The minimum absolute atomic E-state index is 0.0768. The molecule has 19 heavy (non-hydrogen) atoms. The van der Waals surface area contributed by atoms with Gasteiger partial charge in [-0.1, -0.05) is 5.92 Å². The van der Waals surface area contributed by atoms with E-state index in [-0.39, 0.29) is 57.6 Å². The molecule has 0 fully saturated rings. The second-order valence-corrected chi connectivity index (χ2v) is 3.74. The molecule has 0 radical (unpaired) electrons. The first-order chi connectivity index (χ1) is 9.13. The molecule has 0 saturated heterocycles. The Morgan fingerprint density at radius 1 is 1.21 bits per heavy atom. The van der Waals surface area contributed by atoms with E-state index in [2.05, 4.69) is 16.6 Å². The summed E-state index contributed by atoms with van der Waals surface area (Å²) in [7, 11) is 0. The van der Waals surface area contributed by atoms with Crippen LogP contribution in [-0.2, 0) is 14.3 Å². The number of rotatable bonds is 10. The number of carbonyl (C=O) groups excluding carboxylic acids is 2. The molecular weight excluding hydrogens is 252 g/mol. The number of hydrogen-bond acceptors (Lipinski definition) is 5. The van der Waals surface area contributed by atoms with Crippen LogP contribution in [0, 0.1) is 12.3 Å². The van der Waals surface area contributed by atoms with Crippen LogP contribution < -0.4 is 10.6 Å². The number of carbonyl (C=O) groups is 2. The van der Waals surface area contributed by atoms with Crippen molar-refractivity contribution in [3.63, 3.8) is 0 Å². The molecule has 0 saturated carbocycles. The Bertz CT molecular complexity index is 310. The van der Waals surface area contributed by atoms with Crippen molar-refractivity contribution in [2.75, 3.05) is 33.0 Å². The maximum atomic E-state index is 11.3. The largest absolute Gasteiger partial charge is 0.394 e. The Labute approximate surface area is 112 Å². The van der Waals surface area contributed by atoms with Crippen molar-refractivity contribution < 1.29 is 24.5 Å². The molecule has 2 amide bonds. The molecule has 7 nitrogen and oxygen atoms in total. The van der Waals surface area contributed by atoms with E-state index in [9.17, 15) is 9.59 Å². The van der Waals surface area contributed by atoms with Gasteiger partial charge in [0.05, 0.1) is 32.3 Å². The zero-order valence-corrected chi connectivity index (χ0v) is 10.7. The topological polar surface area (TPSA) is 108 Å². The van der Waals surface area contributed by atoms with Crippen molar-refractivity contribution in [3.8, 4) is 12.3 Å². The van der Waals surface area contributed by atoms with E-state index in [0.29, 0.717) is 0 Å². The summed E-state index contributed by atoms with van der Waals surface area (Å²) in [5, 5.41) is 22.5. The van der Waals surface area contributed by atoms with Crippen molar-refractivity contribution in [2.45, 2.75) is 18.9 Å². The summed E-state index contributed by atoms with van der Waals surface area (Å²) in [6.45, 7) is -0.0790. The summed E-state index contributed by atoms with van der Waals surface area (Å²) in [6.07, 6.45) is 5.22. The Balaban J connectivity index is 3.59. The summed E-state index contributed by atoms with van der Waals surface area (Å²) in [5.74, 6) is 1.70. The minimum Gasteiger partial charge on any atom is -0.394 e. The maximum absolute atomic E-state index is 11.3. The van der Waals surface area contributed by atoms with E-state index >= 15 is 0 Å². The fraction of sp³-hybridized carbons (Fsp3) is 0.667. The van der Waals surface area contributed by atoms with Crippen LogP contribution in [-0.4, -0.2) is 61.0 Å². The van der Waals surface area contributed by atoms with Crippen LogP contribution >= 0.6 is 0 Å². The van der Waals surface area contributed by atoms with Crippen molar-refractivity contribution in [1.29, 1.82) is 0 Å². The van der Waals surface area contributed by atoms with E-state index in [1.807, 2.05) is 0 Å². The van der Waals surface area contributed by atoms with Gasteiger partial charge in [0.25, 0.3) is 0 Å². The molecule has 0 aliphatic carbocycles. The molecule has 0 rings (SSSR count). The molecule has 0 heterocycles. The van der Waals surface area contributed by atoms with Gasteiger partial charge < -0.3 is 25.6 Å². The highest BCUT2D eigenvalue weighted by Crippen LogP contribution is 1.86. The smallest absolute Gasteiger partial charge is 0.222 e. The Morgan fingerprint density at radius 3 is 2.47 bits per heavy atom. The summed E-state index contributed by atoms with van der Waals surface area (Å²) in [4.78, 5) is 22.6. The van der Waals surface area contributed by atoms with Gasteiger partial charge in [-0.05, 0) is 0 Å². The lowest BCUT2D eigenvalue weighted by atomic mass is 10.3. The molecule has 0 aliphatic heterocycles. The molecule has 0 aliphatic rings. The number of nitrogens with one attached hydrogen (secondary N) is 2. The van der Waals surface area contributed by atoms with Gasteiger partial charge in [-0.25, -0.2) is 0 Å². The van der Waals surface area contributed by atoms with E-state index in [1.165, 1.54) is 0 Å². The molecule has 0 unspecified atom stereocenters. The van der Waals surface area contributed by atoms with Crippen LogP contribution in [0.2, 0.25) is 0 Å². The van der Waals surface area contributed by atoms with Crippen LogP contribution in [0.25, 0.3) is 0 Å². The molecule has 0 aromatic heterocycles. The average molecular weight is 272 g/mol. The summed E-state index contributed by atoms with van der Waals surface area (Å²) in [6, 6.07) is -0.666. The van der Waals surface area contributed by atoms with E-state index in [1.54, 1.807) is 0 Å². The lowest BCUT2D eigenvalue weighted by molar-refractivity contribution is -0.123. The van der Waals surface area contributed by atoms with Crippen LogP contribution in [0.15, 0.2) is 0 Å². The van der Waals surface area contributed by atoms with Gasteiger partial charge in [-0.2, -0.15) is 0 Å². The highest BCUT2D eigenvalue weighted by atomic mass is 16.5. The fourth-order valence-electron chi connectivity index (χ4n) is 1.15. The van der Waals surface area contributed by atoms with Crippen LogP contribution in [0.5, 0.6) is 0 Å². The fourth-order valence-corrected chi connectivity index (χ4v) is 1.15. The zero-order chi connectivity index (χ0) is 14.5. The molecular formula is C12H20N2O5. The van der Waals surface area contributed by atoms with Gasteiger partial charge in [-0.3, -0.25) is 9.59 Å². The van der Waals surface area contributed by atoms with E-state index in [4.69, 9.17) is 21.4 Å². The van der Waals surface area contributed by atoms with Crippen LogP contribution in [0.4, 0.5) is 0 Å². The van der Waals surface area contributed by atoms with E-state index in [0.717, 1.165) is 0 Å². The SMILES string of the molecule is C#CCOCCC(=O)NCCC(=O)NC(CO)CO. The summed E-state index contributed by atoms with van der Waals surface area (Å²) in [5.41, 5.74) is 0. The maximum Gasteiger partial charge on any atom is 0.222 e. The van der Waals surface area contributed by atoms with Gasteiger partial charge in [0, 0.05) is 13.0 Å². The lowest BCUT2D eigenvalue weighted by Gasteiger charge is -2.13. The van der Waals surface area contributed by atoms with Crippen molar-refractivity contribution >= 4 is 11.8 Å². The first-order valence-electron chi connectivity index (χ1n) is 5.93. The van der Waals surface area contributed by atoms with Gasteiger partial charge in [0.2, 0.25) is 11.8 Å². The average Bonchev–Trinajstić information content (AvgIpc) is 2.41. The molecule has 0 aromatic carbocycles. The molecule has 0 aromatic rings. The summed E-state index contributed by atoms with van der Waals surface area (Å²) >= 11 is 0. The first kappa shape index (κ1) is 17.4. The van der Waals surface area contributed by atoms with Crippen molar-refractivity contribution in [3.05, 3.63) is 0 Å². The number of hydrogen-bond donors (Lipinski definition) is 4. The standard InChI is InChI=1S/C12H20N2O5/c1-2-6-19-7-4-11(17)13-5-3-12(18)14-10(8-15)9-16/h1,10,15-16H,3-9H2,(H,13,17)(H,14,18). The number of ether oxygens (including phenoxy) is 1. The highest BCUT2D eigenvalue weighted by Gasteiger charge is 2.10. The number of terminal acetylenes is 1. The van der Waals surface area contributed by atoms with Crippen molar-refractivity contribution in [1.82, 2.24) is 10.6 Å². The third-order valence-electron chi connectivity index (χ3n) is 2.14. The third-order valence-corrected chi connectivity index (χ3v) is 2.14. The Hall–Kier alpha value is -1.62. The Morgan fingerprint density at radius 2 is 1.89 bits per heavy atom. The normalized spacial score (nSPS) is 10.0. The second-order valence-electron chi connectivity index (χ2n) is 3.74. The monoisotopic (exact) mass is 272 g/mol. The van der Waals surface area contributed by atoms with Gasteiger partial charge in [0.1, 0.15) is 6.61 Å². The summed E-state index contributed by atoms with van der Waals surface area (Å²) < 4.78 is 4.93. The highest BCUT2D eigenvalue weighted by molar-refractivity contribution is 5.79. The molecule has 0 atom stereocenters. The minimum atomic E-state index is -0.666. The van der Waals surface area contributed by atoms with Gasteiger partial charge in [-0.15, -0.1) is 6.42 Å². The molecule has 7 heteroatoms. The predicted molar refractivity (Wildman–Crippen MR) is 68.0 cm³/mol. The number of amides is 2. The van der Waals surface area contributed by atoms with Crippen molar-refractivity contribution in [2.24, 2.45) is 0 Å². The predicted octanol–water partition coefficient (Wildman–Crippen LogP) is -2.00. The third kappa shape index (κ3) is 10.0.